The molecule has 144 valence electrons. The minimum absolute atomic E-state index is 0.122. The number of amides is 1. The second kappa shape index (κ2) is 10.3. The van der Waals surface area contributed by atoms with E-state index in [0.717, 1.165) is 24.2 Å². The van der Waals surface area contributed by atoms with Gasteiger partial charge in [-0.05, 0) is 37.1 Å². The second-order valence-electron chi connectivity index (χ2n) is 6.23. The molecule has 5 nitrogen and oxygen atoms in total. The molecule has 0 aromatic heterocycles. The van der Waals surface area contributed by atoms with Crippen LogP contribution in [0.1, 0.15) is 22.3 Å². The van der Waals surface area contributed by atoms with E-state index in [2.05, 4.69) is 28.9 Å². The van der Waals surface area contributed by atoms with Crippen molar-refractivity contribution in [3.63, 3.8) is 0 Å². The van der Waals surface area contributed by atoms with Crippen molar-refractivity contribution in [2.75, 3.05) is 39.3 Å². The van der Waals surface area contributed by atoms with Crippen LogP contribution in [-0.4, -0.2) is 40.3 Å². The Bertz CT molecular complexity index is 760. The summed E-state index contributed by atoms with van der Waals surface area (Å²) in [7, 11) is 5.21. The van der Waals surface area contributed by atoms with Crippen LogP contribution in [0.4, 0.5) is 5.69 Å². The average molecular weight is 368 g/mol. The Morgan fingerprint density at radius 1 is 1.19 bits per heavy atom. The highest BCUT2D eigenvalue weighted by molar-refractivity contribution is 5.95. The number of hydrogen-bond acceptors (Lipinski definition) is 4. The third-order valence-electron chi connectivity index (χ3n) is 4.34. The van der Waals surface area contributed by atoms with Crippen LogP contribution >= 0.6 is 0 Å². The number of nitrogens with zero attached hydrogens (tertiary/aromatic N) is 1. The van der Waals surface area contributed by atoms with Crippen LogP contribution in [0.15, 0.2) is 55.1 Å². The summed E-state index contributed by atoms with van der Waals surface area (Å²) in [5, 5.41) is 2.98. The minimum Gasteiger partial charge on any atom is -0.493 e. The van der Waals surface area contributed by atoms with Gasteiger partial charge in [0.05, 0.1) is 14.2 Å². The van der Waals surface area contributed by atoms with Gasteiger partial charge in [0, 0.05) is 37.0 Å². The molecule has 0 unspecified atom stereocenters. The zero-order valence-electron chi connectivity index (χ0n) is 16.3. The Kier molecular flexibility index (Phi) is 7.74. The first kappa shape index (κ1) is 20.4. The number of hydrogen-bond donors (Lipinski definition) is 1. The predicted octanol–water partition coefficient (Wildman–Crippen LogP) is 3.69. The fourth-order valence-electron chi connectivity index (χ4n) is 2.91. The van der Waals surface area contributed by atoms with E-state index >= 15 is 0 Å². The lowest BCUT2D eigenvalue weighted by molar-refractivity contribution is 0.0953. The van der Waals surface area contributed by atoms with Gasteiger partial charge in [0.1, 0.15) is 0 Å². The van der Waals surface area contributed by atoms with Gasteiger partial charge in [0.2, 0.25) is 0 Å². The second-order valence-corrected chi connectivity index (χ2v) is 6.23. The topological polar surface area (TPSA) is 50.8 Å². The van der Waals surface area contributed by atoms with Gasteiger partial charge in [-0.1, -0.05) is 24.3 Å². The van der Waals surface area contributed by atoms with Gasteiger partial charge in [0.15, 0.2) is 11.5 Å². The third kappa shape index (κ3) is 5.51. The monoisotopic (exact) mass is 368 g/mol. The molecular formula is C22H28N2O3. The number of nitrogens with one attached hydrogen (secondary N) is 1. The van der Waals surface area contributed by atoms with Crippen molar-refractivity contribution in [2.45, 2.75) is 12.8 Å². The maximum Gasteiger partial charge on any atom is 0.251 e. The molecule has 0 bridgehead atoms. The molecule has 5 heteroatoms. The van der Waals surface area contributed by atoms with E-state index < -0.39 is 0 Å². The van der Waals surface area contributed by atoms with Gasteiger partial charge >= 0.3 is 0 Å². The molecule has 0 heterocycles. The standard InChI is InChI=1S/C22H28N2O3/c1-5-10-17-15-18(16-20(26-3)21(17)27-4)22(25)23-13-9-14-24(2)19-11-7-6-8-12-19/h5-8,11-12,15-16H,1,9-10,13-14H2,2-4H3,(H,23,25). The van der Waals surface area contributed by atoms with Crippen molar-refractivity contribution in [2.24, 2.45) is 0 Å². The SMILES string of the molecule is C=CCc1cc(C(=O)NCCCN(C)c2ccccc2)cc(OC)c1OC. The summed E-state index contributed by atoms with van der Waals surface area (Å²) >= 11 is 0. The Morgan fingerprint density at radius 3 is 2.56 bits per heavy atom. The summed E-state index contributed by atoms with van der Waals surface area (Å²) in [4.78, 5) is 14.7. The maximum absolute atomic E-state index is 12.5. The Hall–Kier alpha value is -2.95. The van der Waals surface area contributed by atoms with Crippen LogP contribution in [0.2, 0.25) is 0 Å². The third-order valence-corrected chi connectivity index (χ3v) is 4.34. The molecule has 2 rings (SSSR count). The summed E-state index contributed by atoms with van der Waals surface area (Å²) in [6.07, 6.45) is 3.23. The minimum atomic E-state index is -0.122. The number of anilines is 1. The van der Waals surface area contributed by atoms with E-state index in [1.807, 2.05) is 31.3 Å². The van der Waals surface area contributed by atoms with E-state index in [0.29, 0.717) is 30.0 Å². The fourth-order valence-corrected chi connectivity index (χ4v) is 2.91. The summed E-state index contributed by atoms with van der Waals surface area (Å²) in [6.45, 7) is 5.22. The molecule has 0 aliphatic carbocycles. The number of carbonyl (C=O) groups excluding carboxylic acids is 1. The molecule has 1 N–H and O–H groups in total. The van der Waals surface area contributed by atoms with Crippen LogP contribution in [-0.2, 0) is 6.42 Å². The quantitative estimate of drug-likeness (QED) is 0.513. The van der Waals surface area contributed by atoms with E-state index in [4.69, 9.17) is 9.47 Å². The van der Waals surface area contributed by atoms with Crippen molar-refractivity contribution in [1.29, 1.82) is 0 Å². The Labute approximate surface area is 161 Å². The van der Waals surface area contributed by atoms with Crippen LogP contribution in [0.25, 0.3) is 0 Å². The molecule has 0 saturated carbocycles. The lowest BCUT2D eigenvalue weighted by Gasteiger charge is -2.19. The molecule has 0 saturated heterocycles. The molecule has 27 heavy (non-hydrogen) atoms. The van der Waals surface area contributed by atoms with E-state index in [1.54, 1.807) is 26.4 Å². The number of allylic oxidation sites excluding steroid dienone is 1. The summed E-state index contributed by atoms with van der Waals surface area (Å²) in [6, 6.07) is 13.7. The molecule has 2 aromatic carbocycles. The molecule has 2 aromatic rings. The van der Waals surface area contributed by atoms with Gasteiger partial charge in [-0.3, -0.25) is 4.79 Å². The van der Waals surface area contributed by atoms with Crippen molar-refractivity contribution < 1.29 is 14.3 Å². The number of ether oxygens (including phenoxy) is 2. The predicted molar refractivity (Wildman–Crippen MR) is 110 cm³/mol. The molecule has 0 fully saturated rings. The van der Waals surface area contributed by atoms with Gasteiger partial charge in [-0.15, -0.1) is 6.58 Å². The van der Waals surface area contributed by atoms with Gasteiger partial charge in [-0.25, -0.2) is 0 Å². The van der Waals surface area contributed by atoms with Crippen LogP contribution in [0, 0.1) is 0 Å². The summed E-state index contributed by atoms with van der Waals surface area (Å²) in [5.74, 6) is 1.06. The first-order valence-electron chi connectivity index (χ1n) is 9.00. The number of carbonyl (C=O) groups is 1. The van der Waals surface area contributed by atoms with E-state index in [1.165, 1.54) is 0 Å². The van der Waals surface area contributed by atoms with Crippen LogP contribution in [0.5, 0.6) is 11.5 Å². The van der Waals surface area contributed by atoms with E-state index in [-0.39, 0.29) is 5.91 Å². The number of para-hydroxylation sites is 1. The molecule has 1 amide bonds. The highest BCUT2D eigenvalue weighted by Gasteiger charge is 2.15. The maximum atomic E-state index is 12.5. The van der Waals surface area contributed by atoms with Crippen molar-refractivity contribution in [3.8, 4) is 11.5 Å². The molecule has 0 atom stereocenters. The van der Waals surface area contributed by atoms with Gasteiger partial charge in [-0.2, -0.15) is 0 Å². The highest BCUT2D eigenvalue weighted by atomic mass is 16.5. The zero-order chi connectivity index (χ0) is 19.6. The molecule has 0 aliphatic rings. The van der Waals surface area contributed by atoms with Crippen molar-refractivity contribution in [3.05, 3.63) is 66.2 Å². The Morgan fingerprint density at radius 2 is 1.93 bits per heavy atom. The first-order valence-corrected chi connectivity index (χ1v) is 9.00. The number of rotatable bonds is 10. The van der Waals surface area contributed by atoms with E-state index in [9.17, 15) is 4.79 Å². The highest BCUT2D eigenvalue weighted by Crippen LogP contribution is 2.33. The van der Waals surface area contributed by atoms with Crippen molar-refractivity contribution >= 4 is 11.6 Å². The number of benzene rings is 2. The van der Waals surface area contributed by atoms with Crippen LogP contribution < -0.4 is 19.7 Å². The average Bonchev–Trinajstić information content (AvgIpc) is 2.71. The lowest BCUT2D eigenvalue weighted by Crippen LogP contribution is -2.28. The van der Waals surface area contributed by atoms with Crippen molar-refractivity contribution in [1.82, 2.24) is 5.32 Å². The zero-order valence-corrected chi connectivity index (χ0v) is 16.3. The lowest BCUT2D eigenvalue weighted by atomic mass is 10.0. The van der Waals surface area contributed by atoms with Gasteiger partial charge < -0.3 is 19.7 Å². The van der Waals surface area contributed by atoms with Gasteiger partial charge in [0.25, 0.3) is 5.91 Å². The fraction of sp³-hybridized carbons (Fsp3) is 0.318. The largest absolute Gasteiger partial charge is 0.493 e. The number of methoxy groups -OCH3 is 2. The molecule has 0 spiro atoms. The normalized spacial score (nSPS) is 10.2. The first-order chi connectivity index (χ1) is 13.1. The summed E-state index contributed by atoms with van der Waals surface area (Å²) in [5.41, 5.74) is 2.60. The molecule has 0 aliphatic heterocycles. The van der Waals surface area contributed by atoms with Crippen LogP contribution in [0.3, 0.4) is 0 Å². The molecular weight excluding hydrogens is 340 g/mol. The summed E-state index contributed by atoms with van der Waals surface area (Å²) < 4.78 is 10.8. The Balaban J connectivity index is 1.95. The smallest absolute Gasteiger partial charge is 0.251 e. The molecule has 0 radical (unpaired) electrons.